The van der Waals surface area contributed by atoms with E-state index in [9.17, 15) is 0 Å². The fraction of sp³-hybridized carbons (Fsp3) is 0.941. The molecule has 0 aromatic heterocycles. The van der Waals surface area contributed by atoms with Gasteiger partial charge < -0.3 is 15.4 Å². The van der Waals surface area contributed by atoms with Crippen molar-refractivity contribution in [2.24, 2.45) is 4.99 Å². The van der Waals surface area contributed by atoms with E-state index in [-0.39, 0.29) is 0 Å². The van der Waals surface area contributed by atoms with E-state index in [2.05, 4.69) is 28.7 Å². The molecule has 1 saturated carbocycles. The Bertz CT molecular complexity index is 347. The van der Waals surface area contributed by atoms with Gasteiger partial charge in [-0.15, -0.1) is 0 Å². The maximum Gasteiger partial charge on any atom is 0.191 e. The summed E-state index contributed by atoms with van der Waals surface area (Å²) in [6.45, 7) is 9.13. The van der Waals surface area contributed by atoms with Crippen LogP contribution >= 0.6 is 11.8 Å². The number of aliphatic imine (C=N–C) groups is 1. The van der Waals surface area contributed by atoms with Crippen LogP contribution in [-0.2, 0) is 4.74 Å². The quantitative estimate of drug-likeness (QED) is 0.401. The Morgan fingerprint density at radius 1 is 1.26 bits per heavy atom. The Kier molecular flexibility index (Phi) is 9.15. The van der Waals surface area contributed by atoms with Crippen LogP contribution in [0.25, 0.3) is 0 Å². The minimum absolute atomic E-state index is 0.596. The Hall–Kier alpha value is -0.460. The number of rotatable bonds is 8. The molecule has 2 unspecified atom stereocenters. The molecule has 2 fully saturated rings. The first-order valence-electron chi connectivity index (χ1n) is 9.19. The molecule has 0 spiro atoms. The Labute approximate surface area is 146 Å². The van der Waals surface area contributed by atoms with E-state index in [0.717, 1.165) is 57.0 Å². The molecule has 1 aliphatic carbocycles. The van der Waals surface area contributed by atoms with Crippen molar-refractivity contribution in [3.63, 3.8) is 0 Å². The third-order valence-electron chi connectivity index (χ3n) is 4.66. The van der Waals surface area contributed by atoms with Gasteiger partial charge in [0.25, 0.3) is 0 Å². The zero-order chi connectivity index (χ0) is 16.3. The van der Waals surface area contributed by atoms with E-state index < -0.39 is 0 Å². The summed E-state index contributed by atoms with van der Waals surface area (Å²) in [6, 6.07) is 0.596. The zero-order valence-electron chi connectivity index (χ0n) is 14.9. The van der Waals surface area contributed by atoms with Crippen LogP contribution in [0.5, 0.6) is 0 Å². The Morgan fingerprint density at radius 3 is 2.78 bits per heavy atom. The minimum Gasteiger partial charge on any atom is -0.379 e. The molecular weight excluding hydrogens is 308 g/mol. The average molecular weight is 343 g/mol. The van der Waals surface area contributed by atoms with Crippen molar-refractivity contribution >= 4 is 17.7 Å². The number of hydrogen-bond acceptors (Lipinski definition) is 4. The largest absolute Gasteiger partial charge is 0.379 e. The number of nitrogens with zero attached hydrogens (tertiary/aromatic N) is 2. The fourth-order valence-corrected chi connectivity index (χ4v) is 4.06. The summed E-state index contributed by atoms with van der Waals surface area (Å²) in [5.41, 5.74) is 0. The second-order valence-electron chi connectivity index (χ2n) is 6.43. The van der Waals surface area contributed by atoms with Crippen LogP contribution in [0, 0.1) is 0 Å². The Morgan fingerprint density at radius 2 is 2.09 bits per heavy atom. The van der Waals surface area contributed by atoms with Crippen molar-refractivity contribution in [1.82, 2.24) is 15.5 Å². The van der Waals surface area contributed by atoms with Gasteiger partial charge in [-0.3, -0.25) is 9.89 Å². The van der Waals surface area contributed by atoms with Gasteiger partial charge in [-0.25, -0.2) is 0 Å². The molecule has 0 radical (unpaired) electrons. The summed E-state index contributed by atoms with van der Waals surface area (Å²) >= 11 is 2.00. The van der Waals surface area contributed by atoms with Crippen LogP contribution < -0.4 is 10.6 Å². The lowest BCUT2D eigenvalue weighted by Gasteiger charge is -2.26. The fourth-order valence-electron chi connectivity index (χ4n) is 3.26. The van der Waals surface area contributed by atoms with Crippen LogP contribution in [0.2, 0.25) is 0 Å². The molecule has 2 N–H and O–H groups in total. The summed E-state index contributed by atoms with van der Waals surface area (Å²) in [4.78, 5) is 7.25. The number of unbranched alkanes of at least 4 members (excludes halogenated alkanes) is 1. The van der Waals surface area contributed by atoms with Gasteiger partial charge in [0.1, 0.15) is 0 Å². The van der Waals surface area contributed by atoms with Crippen LogP contribution in [0.1, 0.15) is 39.0 Å². The topological polar surface area (TPSA) is 48.9 Å². The average Bonchev–Trinajstić information content (AvgIpc) is 3.03. The van der Waals surface area contributed by atoms with Crippen molar-refractivity contribution < 1.29 is 4.74 Å². The third-order valence-corrected chi connectivity index (χ3v) is 5.75. The number of morpholine rings is 1. The number of guanidine groups is 1. The van der Waals surface area contributed by atoms with Gasteiger partial charge in [0.2, 0.25) is 0 Å². The molecule has 2 aliphatic rings. The number of hydrogen-bond donors (Lipinski definition) is 2. The summed E-state index contributed by atoms with van der Waals surface area (Å²) in [6.07, 6.45) is 8.47. The number of ether oxygens (including phenoxy) is 1. The smallest absolute Gasteiger partial charge is 0.191 e. The predicted molar refractivity (Wildman–Crippen MR) is 101 cm³/mol. The zero-order valence-corrected chi connectivity index (χ0v) is 15.7. The summed E-state index contributed by atoms with van der Waals surface area (Å²) in [7, 11) is 0. The molecule has 0 aromatic rings. The molecule has 6 heteroatoms. The van der Waals surface area contributed by atoms with Gasteiger partial charge in [-0.05, 0) is 51.8 Å². The highest BCUT2D eigenvalue weighted by Gasteiger charge is 2.24. The molecule has 23 heavy (non-hydrogen) atoms. The highest BCUT2D eigenvalue weighted by molar-refractivity contribution is 7.99. The van der Waals surface area contributed by atoms with Crippen LogP contribution in [0.3, 0.4) is 0 Å². The van der Waals surface area contributed by atoms with Crippen LogP contribution in [0.15, 0.2) is 4.99 Å². The van der Waals surface area contributed by atoms with Crippen molar-refractivity contribution in [3.8, 4) is 0 Å². The second kappa shape index (κ2) is 11.2. The summed E-state index contributed by atoms with van der Waals surface area (Å²) < 4.78 is 5.38. The molecule has 5 nitrogen and oxygen atoms in total. The lowest BCUT2D eigenvalue weighted by Crippen LogP contribution is -2.42. The lowest BCUT2D eigenvalue weighted by atomic mass is 10.2. The SMILES string of the molecule is CCNC(=NCCCCN1CCOCC1)NC1CCC(SC)C1. The van der Waals surface area contributed by atoms with E-state index in [1.807, 2.05) is 11.8 Å². The molecule has 1 heterocycles. The van der Waals surface area contributed by atoms with E-state index >= 15 is 0 Å². The molecule has 2 atom stereocenters. The summed E-state index contributed by atoms with van der Waals surface area (Å²) in [5, 5.41) is 7.83. The van der Waals surface area contributed by atoms with Crippen molar-refractivity contribution in [1.29, 1.82) is 0 Å². The van der Waals surface area contributed by atoms with Gasteiger partial charge >= 0.3 is 0 Å². The molecule has 0 bridgehead atoms. The molecule has 1 saturated heterocycles. The second-order valence-corrected chi connectivity index (χ2v) is 7.57. The van der Waals surface area contributed by atoms with Gasteiger partial charge in [0.15, 0.2) is 5.96 Å². The first-order valence-corrected chi connectivity index (χ1v) is 10.5. The van der Waals surface area contributed by atoms with Crippen molar-refractivity contribution in [3.05, 3.63) is 0 Å². The summed E-state index contributed by atoms with van der Waals surface area (Å²) in [5.74, 6) is 1.01. The standard InChI is InChI=1S/C17H34N4OS/c1-3-18-17(20-15-6-7-16(14-15)23-2)19-8-4-5-9-21-10-12-22-13-11-21/h15-16H,3-14H2,1-2H3,(H2,18,19,20). The molecule has 2 rings (SSSR count). The van der Waals surface area contributed by atoms with Gasteiger partial charge in [0.05, 0.1) is 13.2 Å². The molecule has 0 amide bonds. The molecule has 134 valence electrons. The maximum absolute atomic E-state index is 5.38. The lowest BCUT2D eigenvalue weighted by molar-refractivity contribution is 0.0373. The van der Waals surface area contributed by atoms with Gasteiger partial charge in [-0.1, -0.05) is 0 Å². The Balaban J connectivity index is 1.62. The molecular formula is C17H34N4OS. The maximum atomic E-state index is 5.38. The van der Waals surface area contributed by atoms with Gasteiger partial charge in [-0.2, -0.15) is 11.8 Å². The van der Waals surface area contributed by atoms with E-state index in [1.54, 1.807) is 0 Å². The molecule has 1 aliphatic heterocycles. The highest BCUT2D eigenvalue weighted by atomic mass is 32.2. The monoisotopic (exact) mass is 342 g/mol. The van der Waals surface area contributed by atoms with E-state index in [0.29, 0.717) is 6.04 Å². The van der Waals surface area contributed by atoms with E-state index in [4.69, 9.17) is 9.73 Å². The normalized spacial score (nSPS) is 26.4. The van der Waals surface area contributed by atoms with Crippen LogP contribution in [-0.4, -0.2) is 74.3 Å². The van der Waals surface area contributed by atoms with Crippen LogP contribution in [0.4, 0.5) is 0 Å². The van der Waals surface area contributed by atoms with Gasteiger partial charge in [0, 0.05) is 37.5 Å². The molecule has 0 aromatic carbocycles. The minimum atomic E-state index is 0.596. The first-order chi connectivity index (χ1) is 11.3. The van der Waals surface area contributed by atoms with E-state index in [1.165, 1.54) is 32.2 Å². The number of nitrogens with one attached hydrogen (secondary N) is 2. The van der Waals surface area contributed by atoms with Crippen molar-refractivity contribution in [2.45, 2.75) is 50.3 Å². The highest BCUT2D eigenvalue weighted by Crippen LogP contribution is 2.27. The first kappa shape index (κ1) is 18.9. The third kappa shape index (κ3) is 7.31. The predicted octanol–water partition coefficient (Wildman–Crippen LogP) is 1.94. The number of thioether (sulfide) groups is 1. The van der Waals surface area contributed by atoms with Crippen molar-refractivity contribution in [2.75, 3.05) is 52.2 Å².